The Morgan fingerprint density at radius 1 is 1.50 bits per heavy atom. The number of hydrogen-bond acceptors (Lipinski definition) is 3. The van der Waals surface area contributed by atoms with E-state index in [1.54, 1.807) is 7.11 Å². The quantitative estimate of drug-likeness (QED) is 0.420. The maximum atomic E-state index is 8.22. The third-order valence-corrected chi connectivity index (χ3v) is 1.59. The summed E-state index contributed by atoms with van der Waals surface area (Å²) < 4.78 is 5.10. The van der Waals surface area contributed by atoms with Gasteiger partial charge in [-0.3, -0.25) is 0 Å². The van der Waals surface area contributed by atoms with E-state index in [1.165, 1.54) is 6.21 Å². The van der Waals surface area contributed by atoms with Gasteiger partial charge in [-0.15, -0.1) is 5.16 Å². The lowest BCUT2D eigenvalue weighted by molar-refractivity contribution is 0.320. The average molecular weight is 165 g/mol. The highest BCUT2D eigenvalue weighted by Gasteiger charge is 1.98. The van der Waals surface area contributed by atoms with Gasteiger partial charge in [-0.25, -0.2) is 0 Å². The second-order valence-corrected chi connectivity index (χ2v) is 2.31. The first-order chi connectivity index (χ1) is 5.88. The molecule has 1 aromatic carbocycles. The van der Waals surface area contributed by atoms with Crippen LogP contribution in [0, 0.1) is 0 Å². The molecule has 0 atom stereocenters. The molecule has 1 rings (SSSR count). The molecule has 1 N–H and O–H groups in total. The van der Waals surface area contributed by atoms with Crippen molar-refractivity contribution in [2.24, 2.45) is 5.16 Å². The lowest BCUT2D eigenvalue weighted by Gasteiger charge is -2.04. The summed E-state index contributed by atoms with van der Waals surface area (Å²) in [5, 5.41) is 11.1. The molecule has 64 valence electrons. The standard InChI is InChI=1S/C9H11NO2/c1-12-9-5-3-2-4-8(9)6-7-10-11/h2-5,7,11H,6H2,1H3/b10-7-. The van der Waals surface area contributed by atoms with Crippen LogP contribution >= 0.6 is 0 Å². The number of benzene rings is 1. The molecule has 3 nitrogen and oxygen atoms in total. The van der Waals surface area contributed by atoms with E-state index in [4.69, 9.17) is 9.94 Å². The molecule has 0 unspecified atom stereocenters. The van der Waals surface area contributed by atoms with Gasteiger partial charge >= 0.3 is 0 Å². The molecule has 0 aliphatic heterocycles. The van der Waals surface area contributed by atoms with Crippen LogP contribution in [0.25, 0.3) is 0 Å². The number of oxime groups is 1. The van der Waals surface area contributed by atoms with Crippen LogP contribution < -0.4 is 4.74 Å². The molecule has 12 heavy (non-hydrogen) atoms. The molecule has 0 aliphatic carbocycles. The summed E-state index contributed by atoms with van der Waals surface area (Å²) in [6, 6.07) is 7.63. The van der Waals surface area contributed by atoms with Gasteiger partial charge in [0.2, 0.25) is 0 Å². The van der Waals surface area contributed by atoms with E-state index >= 15 is 0 Å². The van der Waals surface area contributed by atoms with Crippen LogP contribution in [0.2, 0.25) is 0 Å². The molecule has 0 saturated heterocycles. The van der Waals surface area contributed by atoms with Crippen LogP contribution in [-0.2, 0) is 6.42 Å². The molecular formula is C9H11NO2. The minimum absolute atomic E-state index is 0.584. The second-order valence-electron chi connectivity index (χ2n) is 2.31. The molecule has 0 radical (unpaired) electrons. The molecule has 0 spiro atoms. The number of nitrogens with zero attached hydrogens (tertiary/aromatic N) is 1. The SMILES string of the molecule is COc1ccccc1C/C=N\O. The van der Waals surface area contributed by atoms with Crippen LogP contribution in [0.3, 0.4) is 0 Å². The van der Waals surface area contributed by atoms with Crippen molar-refractivity contribution in [2.75, 3.05) is 7.11 Å². The van der Waals surface area contributed by atoms with Crippen LogP contribution in [0.1, 0.15) is 5.56 Å². The lowest BCUT2D eigenvalue weighted by atomic mass is 10.1. The number of ether oxygens (including phenoxy) is 1. The molecule has 0 amide bonds. The van der Waals surface area contributed by atoms with E-state index in [-0.39, 0.29) is 0 Å². The zero-order valence-corrected chi connectivity index (χ0v) is 6.90. The Bertz CT molecular complexity index is 271. The third kappa shape index (κ3) is 1.99. The van der Waals surface area contributed by atoms with Crippen molar-refractivity contribution < 1.29 is 9.94 Å². The first-order valence-electron chi connectivity index (χ1n) is 3.66. The van der Waals surface area contributed by atoms with E-state index in [0.717, 1.165) is 11.3 Å². The van der Waals surface area contributed by atoms with Crippen LogP contribution in [0.5, 0.6) is 5.75 Å². The summed E-state index contributed by atoms with van der Waals surface area (Å²) in [5.74, 6) is 0.817. The molecule has 0 bridgehead atoms. The van der Waals surface area contributed by atoms with Gasteiger partial charge in [0.15, 0.2) is 0 Å². The Balaban J connectivity index is 2.81. The van der Waals surface area contributed by atoms with Gasteiger partial charge in [0, 0.05) is 12.6 Å². The minimum atomic E-state index is 0.584. The molecule has 0 saturated carbocycles. The Hall–Kier alpha value is -1.51. The first kappa shape index (κ1) is 8.59. The van der Waals surface area contributed by atoms with Crippen molar-refractivity contribution in [2.45, 2.75) is 6.42 Å². The van der Waals surface area contributed by atoms with Crippen LogP contribution in [0.15, 0.2) is 29.4 Å². The number of methoxy groups -OCH3 is 1. The largest absolute Gasteiger partial charge is 0.496 e. The van der Waals surface area contributed by atoms with E-state index in [9.17, 15) is 0 Å². The fraction of sp³-hybridized carbons (Fsp3) is 0.222. The van der Waals surface area contributed by atoms with Gasteiger partial charge in [-0.2, -0.15) is 0 Å². The molecule has 1 aromatic rings. The molecule has 0 fully saturated rings. The number of para-hydroxylation sites is 1. The van der Waals surface area contributed by atoms with Crippen molar-refractivity contribution in [1.82, 2.24) is 0 Å². The normalized spacial score (nSPS) is 10.4. The molecule has 0 aromatic heterocycles. The zero-order chi connectivity index (χ0) is 8.81. The van der Waals surface area contributed by atoms with E-state index < -0.39 is 0 Å². The highest BCUT2D eigenvalue weighted by molar-refractivity contribution is 5.62. The fourth-order valence-corrected chi connectivity index (χ4v) is 1.01. The van der Waals surface area contributed by atoms with Gasteiger partial charge in [0.1, 0.15) is 5.75 Å². The Labute approximate surface area is 71.3 Å². The fourth-order valence-electron chi connectivity index (χ4n) is 1.01. The zero-order valence-electron chi connectivity index (χ0n) is 6.90. The second kappa shape index (κ2) is 4.38. The average Bonchev–Trinajstić information content (AvgIpc) is 2.15. The maximum absolute atomic E-state index is 8.22. The van der Waals surface area contributed by atoms with Crippen molar-refractivity contribution in [3.63, 3.8) is 0 Å². The van der Waals surface area contributed by atoms with E-state index in [1.807, 2.05) is 24.3 Å². The summed E-state index contributed by atoms with van der Waals surface area (Å²) in [4.78, 5) is 0. The van der Waals surface area contributed by atoms with Gasteiger partial charge in [0.25, 0.3) is 0 Å². The summed E-state index contributed by atoms with van der Waals surface area (Å²) in [6.45, 7) is 0. The summed E-state index contributed by atoms with van der Waals surface area (Å²) in [5.41, 5.74) is 1.01. The Morgan fingerprint density at radius 3 is 2.92 bits per heavy atom. The molecule has 0 aliphatic rings. The van der Waals surface area contributed by atoms with Gasteiger partial charge in [-0.05, 0) is 11.6 Å². The van der Waals surface area contributed by atoms with Crippen LogP contribution in [0.4, 0.5) is 0 Å². The minimum Gasteiger partial charge on any atom is -0.496 e. The predicted octanol–water partition coefficient (Wildman–Crippen LogP) is 1.70. The molecule has 0 heterocycles. The summed E-state index contributed by atoms with van der Waals surface area (Å²) in [7, 11) is 1.62. The smallest absolute Gasteiger partial charge is 0.122 e. The predicted molar refractivity (Wildman–Crippen MR) is 47.0 cm³/mol. The number of rotatable bonds is 3. The van der Waals surface area contributed by atoms with E-state index in [2.05, 4.69) is 5.16 Å². The van der Waals surface area contributed by atoms with Crippen molar-refractivity contribution >= 4 is 6.21 Å². The van der Waals surface area contributed by atoms with Crippen LogP contribution in [-0.4, -0.2) is 18.5 Å². The van der Waals surface area contributed by atoms with Gasteiger partial charge in [-0.1, -0.05) is 18.2 Å². The van der Waals surface area contributed by atoms with Crippen molar-refractivity contribution in [3.05, 3.63) is 29.8 Å². The maximum Gasteiger partial charge on any atom is 0.122 e. The van der Waals surface area contributed by atoms with Crippen molar-refractivity contribution in [1.29, 1.82) is 0 Å². The van der Waals surface area contributed by atoms with E-state index in [0.29, 0.717) is 6.42 Å². The van der Waals surface area contributed by atoms with Gasteiger partial charge < -0.3 is 9.94 Å². The molecule has 3 heteroatoms. The first-order valence-corrected chi connectivity index (χ1v) is 3.66. The molecular weight excluding hydrogens is 154 g/mol. The van der Waals surface area contributed by atoms with Gasteiger partial charge in [0.05, 0.1) is 7.11 Å². The monoisotopic (exact) mass is 165 g/mol. The summed E-state index contributed by atoms with van der Waals surface area (Å²) in [6.07, 6.45) is 2.01. The van der Waals surface area contributed by atoms with Crippen molar-refractivity contribution in [3.8, 4) is 5.75 Å². The Kier molecular flexibility index (Phi) is 3.14. The number of hydrogen-bond donors (Lipinski definition) is 1. The highest BCUT2D eigenvalue weighted by Crippen LogP contribution is 2.16. The topological polar surface area (TPSA) is 41.8 Å². The third-order valence-electron chi connectivity index (χ3n) is 1.59. The Morgan fingerprint density at radius 2 is 2.25 bits per heavy atom. The summed E-state index contributed by atoms with van der Waals surface area (Å²) >= 11 is 0. The lowest BCUT2D eigenvalue weighted by Crippen LogP contribution is -1.92. The highest BCUT2D eigenvalue weighted by atomic mass is 16.5.